The number of rotatable bonds is 4. The van der Waals surface area contributed by atoms with Gasteiger partial charge in [-0.1, -0.05) is 0 Å². The average Bonchev–Trinajstić information content (AvgIpc) is 2.88. The van der Waals surface area contributed by atoms with Gasteiger partial charge in [0.05, 0.1) is 5.69 Å². The van der Waals surface area contributed by atoms with Crippen molar-refractivity contribution >= 4 is 11.6 Å². The summed E-state index contributed by atoms with van der Waals surface area (Å²) in [5, 5.41) is 7.62. The highest BCUT2D eigenvalue weighted by atomic mass is 19.3. The van der Waals surface area contributed by atoms with Gasteiger partial charge in [0.1, 0.15) is 5.82 Å². The Morgan fingerprint density at radius 1 is 1.24 bits per heavy atom. The number of ketones is 1. The van der Waals surface area contributed by atoms with Gasteiger partial charge in [-0.15, -0.1) is 0 Å². The molecule has 0 bridgehead atoms. The first-order valence-electron chi connectivity index (χ1n) is 8.44. The number of Topliss-reactive ketones (excluding diaryl/α,β-unsaturated/α-hetero) is 1. The van der Waals surface area contributed by atoms with E-state index in [0.29, 0.717) is 30.0 Å². The number of alkyl halides is 2. The van der Waals surface area contributed by atoms with Crippen LogP contribution >= 0.6 is 0 Å². The molecule has 1 saturated carbocycles. The zero-order valence-electron chi connectivity index (χ0n) is 14.6. The van der Waals surface area contributed by atoms with E-state index in [4.69, 9.17) is 0 Å². The number of aromatic nitrogens is 3. The first-order valence-corrected chi connectivity index (χ1v) is 8.44. The second-order valence-electron chi connectivity index (χ2n) is 6.77. The average molecular weight is 348 g/mol. The molecular weight excluding hydrogens is 326 g/mol. The molecule has 1 aliphatic carbocycles. The summed E-state index contributed by atoms with van der Waals surface area (Å²) in [5.74, 6) is -1.59. The minimum atomic E-state index is -2.57. The van der Waals surface area contributed by atoms with Crippen molar-refractivity contribution in [2.75, 3.05) is 5.32 Å². The van der Waals surface area contributed by atoms with Gasteiger partial charge >= 0.3 is 0 Å². The van der Waals surface area contributed by atoms with Crippen LogP contribution in [0.1, 0.15) is 54.4 Å². The number of anilines is 1. The van der Waals surface area contributed by atoms with Gasteiger partial charge in [-0.2, -0.15) is 5.10 Å². The van der Waals surface area contributed by atoms with Gasteiger partial charge in [-0.05, 0) is 51.8 Å². The summed E-state index contributed by atoms with van der Waals surface area (Å²) in [6.45, 7) is 5.30. The molecule has 2 heterocycles. The molecule has 2 aromatic rings. The number of pyridine rings is 1. The Morgan fingerprint density at radius 2 is 1.92 bits per heavy atom. The second-order valence-corrected chi connectivity index (χ2v) is 6.77. The van der Waals surface area contributed by atoms with Crippen LogP contribution in [-0.2, 0) is 0 Å². The van der Waals surface area contributed by atoms with Crippen molar-refractivity contribution in [3.05, 3.63) is 35.2 Å². The molecule has 0 atom stereocenters. The van der Waals surface area contributed by atoms with E-state index in [-0.39, 0.29) is 24.7 Å². The fourth-order valence-corrected chi connectivity index (χ4v) is 3.16. The van der Waals surface area contributed by atoms with Crippen LogP contribution in [0.15, 0.2) is 18.2 Å². The Morgan fingerprint density at radius 3 is 2.48 bits per heavy atom. The normalized spacial score (nSPS) is 17.5. The second kappa shape index (κ2) is 6.54. The topological polar surface area (TPSA) is 59.8 Å². The Hall–Kier alpha value is -2.31. The van der Waals surface area contributed by atoms with Crippen LogP contribution in [0.4, 0.5) is 14.6 Å². The first-order chi connectivity index (χ1) is 11.7. The summed E-state index contributed by atoms with van der Waals surface area (Å²) in [4.78, 5) is 16.4. The summed E-state index contributed by atoms with van der Waals surface area (Å²) in [6.07, 6.45) is 0.519. The molecule has 7 heteroatoms. The highest BCUT2D eigenvalue weighted by molar-refractivity contribution is 5.95. The number of aryl methyl sites for hydroxylation is 2. The number of halogens is 2. The molecule has 0 aromatic carbocycles. The molecule has 0 aliphatic heterocycles. The van der Waals surface area contributed by atoms with Crippen molar-refractivity contribution in [3.63, 3.8) is 0 Å². The third kappa shape index (κ3) is 4.03. The van der Waals surface area contributed by atoms with Crippen molar-refractivity contribution in [3.8, 4) is 5.82 Å². The van der Waals surface area contributed by atoms with Crippen molar-refractivity contribution < 1.29 is 13.6 Å². The largest absolute Gasteiger partial charge is 0.367 e. The minimum absolute atomic E-state index is 0.0670. The van der Waals surface area contributed by atoms with Gasteiger partial charge in [0.15, 0.2) is 11.6 Å². The van der Waals surface area contributed by atoms with E-state index in [9.17, 15) is 13.6 Å². The number of nitrogens with one attached hydrogen (secondary N) is 1. The van der Waals surface area contributed by atoms with E-state index in [2.05, 4.69) is 15.4 Å². The highest BCUT2D eigenvalue weighted by Gasteiger charge is 2.35. The highest BCUT2D eigenvalue weighted by Crippen LogP contribution is 2.34. The molecule has 0 amide bonds. The molecule has 134 valence electrons. The molecular formula is C18H22F2N4O. The van der Waals surface area contributed by atoms with Gasteiger partial charge < -0.3 is 5.32 Å². The predicted molar refractivity (Wildman–Crippen MR) is 91.7 cm³/mol. The maximum Gasteiger partial charge on any atom is 0.248 e. The van der Waals surface area contributed by atoms with E-state index in [0.717, 1.165) is 11.4 Å². The van der Waals surface area contributed by atoms with Crippen molar-refractivity contribution in [1.82, 2.24) is 14.8 Å². The lowest BCUT2D eigenvalue weighted by atomic mass is 9.92. The molecule has 0 spiro atoms. The van der Waals surface area contributed by atoms with E-state index < -0.39 is 5.92 Å². The fraction of sp³-hybridized carbons (Fsp3) is 0.500. The van der Waals surface area contributed by atoms with Gasteiger partial charge in [-0.3, -0.25) is 4.79 Å². The smallest absolute Gasteiger partial charge is 0.248 e. The summed E-state index contributed by atoms with van der Waals surface area (Å²) < 4.78 is 28.3. The molecule has 5 nitrogen and oxygen atoms in total. The number of hydrogen-bond donors (Lipinski definition) is 1. The summed E-state index contributed by atoms with van der Waals surface area (Å²) >= 11 is 0. The molecule has 3 rings (SSSR count). The zero-order chi connectivity index (χ0) is 18.2. The van der Waals surface area contributed by atoms with E-state index >= 15 is 0 Å². The van der Waals surface area contributed by atoms with Gasteiger partial charge in [-0.25, -0.2) is 18.4 Å². The summed E-state index contributed by atoms with van der Waals surface area (Å²) in [6, 6.07) is 5.23. The Bertz CT molecular complexity index is 790. The molecule has 0 radical (unpaired) electrons. The fourth-order valence-electron chi connectivity index (χ4n) is 3.16. The molecule has 0 unspecified atom stereocenters. The number of hydrogen-bond acceptors (Lipinski definition) is 4. The standard InChI is InChI=1S/C18H22F2N4O/c1-11-8-12(2)24(23-11)17-10-14(13(3)25)9-16(22-17)21-15-4-6-18(19,20)7-5-15/h8-10,15H,4-7H2,1-3H3,(H,21,22). The van der Waals surface area contributed by atoms with Crippen LogP contribution in [0.2, 0.25) is 0 Å². The number of nitrogens with zero attached hydrogens (tertiary/aromatic N) is 3. The summed E-state index contributed by atoms with van der Waals surface area (Å²) in [7, 11) is 0. The van der Waals surface area contributed by atoms with Crippen LogP contribution < -0.4 is 5.32 Å². The molecule has 2 aromatic heterocycles. The van der Waals surface area contributed by atoms with E-state index in [1.165, 1.54) is 6.92 Å². The predicted octanol–water partition coefficient (Wildman–Crippen LogP) is 4.08. The van der Waals surface area contributed by atoms with Gasteiger partial charge in [0.25, 0.3) is 0 Å². The molecule has 0 saturated heterocycles. The zero-order valence-corrected chi connectivity index (χ0v) is 14.6. The third-order valence-electron chi connectivity index (χ3n) is 4.51. The van der Waals surface area contributed by atoms with Gasteiger partial charge in [0.2, 0.25) is 5.92 Å². The number of carbonyl (C=O) groups excluding carboxylic acids is 1. The monoisotopic (exact) mass is 348 g/mol. The lowest BCUT2D eigenvalue weighted by Gasteiger charge is -2.29. The van der Waals surface area contributed by atoms with Crippen LogP contribution in [0.3, 0.4) is 0 Å². The van der Waals surface area contributed by atoms with E-state index in [1.807, 2.05) is 19.9 Å². The van der Waals surface area contributed by atoms with E-state index in [1.54, 1.807) is 16.8 Å². The molecule has 1 N–H and O–H groups in total. The minimum Gasteiger partial charge on any atom is -0.367 e. The van der Waals surface area contributed by atoms with Crippen LogP contribution in [0.5, 0.6) is 0 Å². The maximum absolute atomic E-state index is 13.3. The number of carbonyl (C=O) groups is 1. The van der Waals surface area contributed by atoms with Crippen molar-refractivity contribution in [1.29, 1.82) is 0 Å². The Balaban J connectivity index is 1.89. The van der Waals surface area contributed by atoms with Crippen molar-refractivity contribution in [2.45, 2.75) is 58.4 Å². The lowest BCUT2D eigenvalue weighted by Crippen LogP contribution is -2.32. The Labute approximate surface area is 145 Å². The Kier molecular flexibility index (Phi) is 4.58. The third-order valence-corrected chi connectivity index (χ3v) is 4.51. The maximum atomic E-state index is 13.3. The molecule has 1 aliphatic rings. The van der Waals surface area contributed by atoms with Crippen LogP contribution in [0.25, 0.3) is 5.82 Å². The van der Waals surface area contributed by atoms with Crippen LogP contribution in [0, 0.1) is 13.8 Å². The van der Waals surface area contributed by atoms with Crippen LogP contribution in [-0.4, -0.2) is 32.5 Å². The lowest BCUT2D eigenvalue weighted by molar-refractivity contribution is -0.0361. The quantitative estimate of drug-likeness (QED) is 0.846. The molecule has 1 fully saturated rings. The first kappa shape index (κ1) is 17.5. The van der Waals surface area contributed by atoms with Gasteiger partial charge in [0, 0.05) is 30.1 Å². The van der Waals surface area contributed by atoms with Crippen molar-refractivity contribution in [2.24, 2.45) is 0 Å². The molecule has 25 heavy (non-hydrogen) atoms. The SMILES string of the molecule is CC(=O)c1cc(NC2CCC(F)(F)CC2)nc(-n2nc(C)cc2C)c1. The summed E-state index contributed by atoms with van der Waals surface area (Å²) in [5.41, 5.74) is 2.28.